The lowest BCUT2D eigenvalue weighted by atomic mass is 10.1. The van der Waals surface area contributed by atoms with Gasteiger partial charge in [-0.3, -0.25) is 4.68 Å². The van der Waals surface area contributed by atoms with Crippen LogP contribution in [-0.4, -0.2) is 21.5 Å². The summed E-state index contributed by atoms with van der Waals surface area (Å²) in [4.78, 5) is 0. The summed E-state index contributed by atoms with van der Waals surface area (Å²) in [6, 6.07) is 2.15. The lowest BCUT2D eigenvalue weighted by molar-refractivity contribution is 0.504. The highest BCUT2D eigenvalue weighted by atomic mass is 79.9. The Balaban J connectivity index is 2.15. The molecular weight excluding hydrogens is 284 g/mol. The number of aromatic nitrogens is 3. The molecule has 0 aliphatic rings. The van der Waals surface area contributed by atoms with Gasteiger partial charge in [0.15, 0.2) is 4.67 Å². The first-order chi connectivity index (χ1) is 8.20. The standard InChI is InChI=1S/C11H15BrN4O/c1-3-13-10(9-4-5-17-11(9)12)6-8-7-16(2)15-14-8/h4-5,7,10,13H,3,6H2,1-2H3. The second-order valence-electron chi connectivity index (χ2n) is 3.85. The molecule has 0 spiro atoms. The van der Waals surface area contributed by atoms with Crippen molar-refractivity contribution in [3.05, 3.63) is 34.5 Å². The van der Waals surface area contributed by atoms with Crippen molar-refractivity contribution in [1.29, 1.82) is 0 Å². The van der Waals surface area contributed by atoms with Gasteiger partial charge in [-0.1, -0.05) is 12.1 Å². The average molecular weight is 299 g/mol. The van der Waals surface area contributed by atoms with E-state index in [-0.39, 0.29) is 6.04 Å². The third-order valence-corrected chi connectivity index (χ3v) is 3.18. The summed E-state index contributed by atoms with van der Waals surface area (Å²) in [5.74, 6) is 0. The molecule has 0 radical (unpaired) electrons. The molecule has 0 saturated carbocycles. The first-order valence-electron chi connectivity index (χ1n) is 5.52. The lowest BCUT2D eigenvalue weighted by Crippen LogP contribution is -2.23. The summed E-state index contributed by atoms with van der Waals surface area (Å²) in [6.45, 7) is 2.97. The first-order valence-corrected chi connectivity index (χ1v) is 6.31. The quantitative estimate of drug-likeness (QED) is 0.918. The minimum Gasteiger partial charge on any atom is -0.457 e. The predicted molar refractivity (Wildman–Crippen MR) is 67.5 cm³/mol. The van der Waals surface area contributed by atoms with E-state index in [1.807, 2.05) is 19.3 Å². The molecule has 0 amide bonds. The van der Waals surface area contributed by atoms with Gasteiger partial charge in [0.05, 0.1) is 12.0 Å². The largest absolute Gasteiger partial charge is 0.457 e. The van der Waals surface area contributed by atoms with Crippen LogP contribution in [0.15, 0.2) is 27.6 Å². The number of furan rings is 1. The van der Waals surface area contributed by atoms with Gasteiger partial charge in [-0.2, -0.15) is 0 Å². The van der Waals surface area contributed by atoms with Crippen LogP contribution >= 0.6 is 15.9 Å². The minimum absolute atomic E-state index is 0.185. The van der Waals surface area contributed by atoms with Crippen LogP contribution in [0, 0.1) is 0 Å². The van der Waals surface area contributed by atoms with Crippen LogP contribution in [0.1, 0.15) is 24.2 Å². The number of aryl methyl sites for hydroxylation is 1. The van der Waals surface area contributed by atoms with Crippen molar-refractivity contribution < 1.29 is 4.42 Å². The first kappa shape index (κ1) is 12.3. The molecule has 6 heteroatoms. The Kier molecular flexibility index (Phi) is 3.96. The molecule has 0 saturated heterocycles. The van der Waals surface area contributed by atoms with E-state index in [0.717, 1.165) is 28.9 Å². The zero-order valence-corrected chi connectivity index (χ0v) is 11.4. The molecule has 0 aromatic carbocycles. The van der Waals surface area contributed by atoms with Crippen molar-refractivity contribution in [2.24, 2.45) is 7.05 Å². The monoisotopic (exact) mass is 298 g/mol. The Morgan fingerprint density at radius 2 is 2.41 bits per heavy atom. The van der Waals surface area contributed by atoms with Gasteiger partial charge < -0.3 is 9.73 Å². The number of rotatable bonds is 5. The Hall–Kier alpha value is -1.14. The van der Waals surface area contributed by atoms with E-state index in [4.69, 9.17) is 4.42 Å². The normalized spacial score (nSPS) is 12.9. The second kappa shape index (κ2) is 5.46. The van der Waals surface area contributed by atoms with Gasteiger partial charge in [-0.05, 0) is 28.5 Å². The molecule has 92 valence electrons. The number of hydrogen-bond donors (Lipinski definition) is 1. The Morgan fingerprint density at radius 1 is 1.59 bits per heavy atom. The minimum atomic E-state index is 0.185. The van der Waals surface area contributed by atoms with Gasteiger partial charge in [-0.25, -0.2) is 0 Å². The van der Waals surface area contributed by atoms with Gasteiger partial charge >= 0.3 is 0 Å². The van der Waals surface area contributed by atoms with Gasteiger partial charge in [0.25, 0.3) is 0 Å². The molecule has 1 unspecified atom stereocenters. The summed E-state index contributed by atoms with van der Waals surface area (Å²) in [5.41, 5.74) is 2.07. The maximum absolute atomic E-state index is 5.27. The van der Waals surface area contributed by atoms with Crippen molar-refractivity contribution in [3.8, 4) is 0 Å². The van der Waals surface area contributed by atoms with E-state index in [9.17, 15) is 0 Å². The van der Waals surface area contributed by atoms with Crippen LogP contribution in [0.5, 0.6) is 0 Å². The Bertz CT molecular complexity index is 479. The number of nitrogens with one attached hydrogen (secondary N) is 1. The second-order valence-corrected chi connectivity index (χ2v) is 4.57. The highest BCUT2D eigenvalue weighted by Crippen LogP contribution is 2.26. The van der Waals surface area contributed by atoms with Gasteiger partial charge in [0, 0.05) is 31.3 Å². The van der Waals surface area contributed by atoms with E-state index >= 15 is 0 Å². The smallest absolute Gasteiger partial charge is 0.173 e. The maximum atomic E-state index is 5.27. The zero-order valence-electron chi connectivity index (χ0n) is 9.85. The number of nitrogens with zero attached hydrogens (tertiary/aromatic N) is 3. The molecule has 1 N–H and O–H groups in total. The van der Waals surface area contributed by atoms with Crippen LogP contribution in [0.4, 0.5) is 0 Å². The molecule has 1 atom stereocenters. The molecule has 2 aromatic heterocycles. The molecule has 0 aliphatic heterocycles. The Morgan fingerprint density at radius 3 is 2.94 bits per heavy atom. The van der Waals surface area contributed by atoms with E-state index in [0.29, 0.717) is 0 Å². The molecule has 5 nitrogen and oxygen atoms in total. The van der Waals surface area contributed by atoms with Crippen LogP contribution in [0.2, 0.25) is 0 Å². The van der Waals surface area contributed by atoms with E-state index in [1.54, 1.807) is 10.9 Å². The molecule has 17 heavy (non-hydrogen) atoms. The lowest BCUT2D eigenvalue weighted by Gasteiger charge is -2.15. The summed E-state index contributed by atoms with van der Waals surface area (Å²) in [5, 5.41) is 11.5. The summed E-state index contributed by atoms with van der Waals surface area (Å²) in [7, 11) is 1.87. The molecule has 0 bridgehead atoms. The van der Waals surface area contributed by atoms with Gasteiger partial charge in [0.2, 0.25) is 0 Å². The fourth-order valence-electron chi connectivity index (χ4n) is 1.79. The molecule has 2 heterocycles. The number of likely N-dealkylation sites (N-methyl/N-ethyl adjacent to an activating group) is 1. The number of halogens is 1. The van der Waals surface area contributed by atoms with Crippen molar-refractivity contribution in [2.45, 2.75) is 19.4 Å². The zero-order chi connectivity index (χ0) is 12.3. The molecular formula is C11H15BrN4O. The van der Waals surface area contributed by atoms with Crippen molar-refractivity contribution in [2.75, 3.05) is 6.54 Å². The Labute approximate surface area is 108 Å². The van der Waals surface area contributed by atoms with E-state index in [2.05, 4.69) is 38.5 Å². The maximum Gasteiger partial charge on any atom is 0.173 e. The van der Waals surface area contributed by atoms with Crippen LogP contribution in [-0.2, 0) is 13.5 Å². The van der Waals surface area contributed by atoms with Crippen molar-refractivity contribution in [3.63, 3.8) is 0 Å². The van der Waals surface area contributed by atoms with Crippen LogP contribution in [0.25, 0.3) is 0 Å². The fraction of sp³-hybridized carbons (Fsp3) is 0.455. The van der Waals surface area contributed by atoms with Gasteiger partial charge in [-0.15, -0.1) is 5.10 Å². The predicted octanol–water partition coefficient (Wildman–Crippen LogP) is 2.06. The summed E-state index contributed by atoms with van der Waals surface area (Å²) >= 11 is 3.41. The van der Waals surface area contributed by atoms with Crippen molar-refractivity contribution >= 4 is 15.9 Å². The highest BCUT2D eigenvalue weighted by molar-refractivity contribution is 9.10. The SMILES string of the molecule is CCNC(Cc1cn(C)nn1)c1ccoc1Br. The van der Waals surface area contributed by atoms with Crippen molar-refractivity contribution in [1.82, 2.24) is 20.3 Å². The summed E-state index contributed by atoms with van der Waals surface area (Å²) in [6.07, 6.45) is 4.40. The average Bonchev–Trinajstić information content (AvgIpc) is 2.87. The van der Waals surface area contributed by atoms with E-state index < -0.39 is 0 Å². The van der Waals surface area contributed by atoms with E-state index in [1.165, 1.54) is 0 Å². The fourth-order valence-corrected chi connectivity index (χ4v) is 2.31. The van der Waals surface area contributed by atoms with Crippen LogP contribution < -0.4 is 5.32 Å². The molecule has 0 aliphatic carbocycles. The summed E-state index contributed by atoms with van der Waals surface area (Å²) < 4.78 is 7.75. The van der Waals surface area contributed by atoms with Crippen LogP contribution in [0.3, 0.4) is 0 Å². The molecule has 0 fully saturated rings. The number of hydrogen-bond acceptors (Lipinski definition) is 4. The third kappa shape index (κ3) is 2.95. The highest BCUT2D eigenvalue weighted by Gasteiger charge is 2.17. The topological polar surface area (TPSA) is 55.9 Å². The van der Waals surface area contributed by atoms with Gasteiger partial charge in [0.1, 0.15) is 0 Å². The molecule has 2 rings (SSSR count). The third-order valence-electron chi connectivity index (χ3n) is 2.54. The molecule has 2 aromatic rings.